The van der Waals surface area contributed by atoms with E-state index in [2.05, 4.69) is 70.3 Å². The zero-order valence-corrected chi connectivity index (χ0v) is 27.2. The first-order valence-corrected chi connectivity index (χ1v) is 16.0. The predicted molar refractivity (Wildman–Crippen MR) is 186 cm³/mol. The Hall–Kier alpha value is -4.71. The summed E-state index contributed by atoms with van der Waals surface area (Å²) in [5.74, 6) is 1.01. The van der Waals surface area contributed by atoms with E-state index in [0.717, 1.165) is 33.6 Å². The molecule has 45 heavy (non-hydrogen) atoms. The number of aromatic nitrogens is 2. The van der Waals surface area contributed by atoms with E-state index in [0.29, 0.717) is 36.1 Å². The highest BCUT2D eigenvalue weighted by Gasteiger charge is 2.30. The fourth-order valence-corrected chi connectivity index (χ4v) is 6.03. The number of urea groups is 1. The number of aryl methyl sites for hydroxylation is 1. The van der Waals surface area contributed by atoms with E-state index in [9.17, 15) is 9.59 Å². The highest BCUT2D eigenvalue weighted by Crippen LogP contribution is 2.34. The standard InChI is InChI=1S/C39H44N4O2/c1-7-35(37-40-34-19-12-11-16-33(34)38(44)43(37)30-22-20-28(6)21-23-30)42(25-24-29-14-9-8-10-15-29)39(45)41-36-31(26(2)3)17-13-18-32(36)27(4)5/h8-23,26-27,35H,7,24-25H2,1-6H3,(H,41,45). The van der Waals surface area contributed by atoms with Gasteiger partial charge < -0.3 is 10.2 Å². The molecule has 0 radical (unpaired) electrons. The average Bonchev–Trinajstić information content (AvgIpc) is 3.04. The molecule has 5 rings (SSSR count). The molecule has 0 spiro atoms. The van der Waals surface area contributed by atoms with Crippen LogP contribution in [0.2, 0.25) is 0 Å². The van der Waals surface area contributed by atoms with Gasteiger partial charge in [0.15, 0.2) is 0 Å². The van der Waals surface area contributed by atoms with Crippen molar-refractivity contribution in [2.45, 2.75) is 72.3 Å². The molecule has 0 aliphatic heterocycles. The van der Waals surface area contributed by atoms with E-state index in [1.807, 2.05) is 78.6 Å². The van der Waals surface area contributed by atoms with E-state index < -0.39 is 6.04 Å². The molecule has 1 unspecified atom stereocenters. The van der Waals surface area contributed by atoms with Crippen molar-refractivity contribution < 1.29 is 4.79 Å². The summed E-state index contributed by atoms with van der Waals surface area (Å²) in [4.78, 5) is 35.7. The van der Waals surface area contributed by atoms with Crippen LogP contribution in [-0.2, 0) is 6.42 Å². The first-order valence-electron chi connectivity index (χ1n) is 16.0. The van der Waals surface area contributed by atoms with Gasteiger partial charge in [0, 0.05) is 12.2 Å². The lowest BCUT2D eigenvalue weighted by Crippen LogP contribution is -2.42. The molecule has 6 heteroatoms. The zero-order chi connectivity index (χ0) is 32.1. The Balaban J connectivity index is 1.67. The van der Waals surface area contributed by atoms with E-state index in [1.54, 1.807) is 4.57 Å². The van der Waals surface area contributed by atoms with Gasteiger partial charge in [-0.2, -0.15) is 0 Å². The molecule has 1 aromatic heterocycles. The minimum atomic E-state index is -0.471. The maximum absolute atomic E-state index is 14.6. The second-order valence-electron chi connectivity index (χ2n) is 12.4. The van der Waals surface area contributed by atoms with Crippen LogP contribution in [0.3, 0.4) is 0 Å². The van der Waals surface area contributed by atoms with E-state index in [4.69, 9.17) is 4.98 Å². The minimum Gasteiger partial charge on any atom is -0.314 e. The number of benzene rings is 4. The number of fused-ring (bicyclic) bond motifs is 1. The molecule has 1 N–H and O–H groups in total. The first-order chi connectivity index (χ1) is 21.7. The minimum absolute atomic E-state index is 0.145. The van der Waals surface area contributed by atoms with Crippen LogP contribution < -0.4 is 10.9 Å². The summed E-state index contributed by atoms with van der Waals surface area (Å²) in [7, 11) is 0. The summed E-state index contributed by atoms with van der Waals surface area (Å²) in [6.07, 6.45) is 1.23. The van der Waals surface area contributed by atoms with E-state index in [-0.39, 0.29) is 23.4 Å². The third-order valence-corrected chi connectivity index (χ3v) is 8.50. The molecular formula is C39H44N4O2. The molecule has 2 amide bonds. The van der Waals surface area contributed by atoms with Crippen molar-refractivity contribution in [3.8, 4) is 5.69 Å². The van der Waals surface area contributed by atoms with Gasteiger partial charge in [0.05, 0.1) is 22.6 Å². The lowest BCUT2D eigenvalue weighted by atomic mass is 9.92. The summed E-state index contributed by atoms with van der Waals surface area (Å²) in [5, 5.41) is 3.90. The highest BCUT2D eigenvalue weighted by molar-refractivity contribution is 5.92. The monoisotopic (exact) mass is 600 g/mol. The third kappa shape index (κ3) is 6.85. The van der Waals surface area contributed by atoms with Crippen LogP contribution in [0.5, 0.6) is 0 Å². The molecule has 1 heterocycles. The summed E-state index contributed by atoms with van der Waals surface area (Å²) >= 11 is 0. The van der Waals surface area contributed by atoms with E-state index >= 15 is 0 Å². The van der Waals surface area contributed by atoms with Gasteiger partial charge in [0.2, 0.25) is 0 Å². The fourth-order valence-electron chi connectivity index (χ4n) is 6.03. The van der Waals surface area contributed by atoms with Crippen molar-refractivity contribution in [1.29, 1.82) is 0 Å². The van der Waals surface area contributed by atoms with Gasteiger partial charge in [-0.05, 0) is 72.6 Å². The Morgan fingerprint density at radius 3 is 2.07 bits per heavy atom. The molecular weight excluding hydrogens is 556 g/mol. The van der Waals surface area contributed by atoms with Crippen LogP contribution in [0.25, 0.3) is 16.6 Å². The van der Waals surface area contributed by atoms with Crippen LogP contribution >= 0.6 is 0 Å². The second-order valence-corrected chi connectivity index (χ2v) is 12.4. The smallest absolute Gasteiger partial charge is 0.314 e. The summed E-state index contributed by atoms with van der Waals surface area (Å²) in [5.41, 5.74) is 6.52. The molecule has 5 aromatic rings. The third-order valence-electron chi connectivity index (χ3n) is 8.50. The zero-order valence-electron chi connectivity index (χ0n) is 27.2. The Morgan fingerprint density at radius 2 is 1.44 bits per heavy atom. The predicted octanol–water partition coefficient (Wildman–Crippen LogP) is 9.17. The molecule has 1 atom stereocenters. The lowest BCUT2D eigenvalue weighted by molar-refractivity contribution is 0.182. The van der Waals surface area contributed by atoms with Crippen LogP contribution in [0, 0.1) is 6.92 Å². The topological polar surface area (TPSA) is 67.2 Å². The van der Waals surface area contributed by atoms with Crippen LogP contribution in [0.1, 0.15) is 87.0 Å². The van der Waals surface area contributed by atoms with Crippen molar-refractivity contribution >= 4 is 22.6 Å². The summed E-state index contributed by atoms with van der Waals surface area (Å²) in [6.45, 7) is 13.1. The number of carbonyl (C=O) groups is 1. The molecule has 0 saturated carbocycles. The number of nitrogens with one attached hydrogen (secondary N) is 1. The van der Waals surface area contributed by atoms with Gasteiger partial charge in [-0.3, -0.25) is 9.36 Å². The molecule has 232 valence electrons. The maximum atomic E-state index is 14.6. The first kappa shape index (κ1) is 31.7. The lowest BCUT2D eigenvalue weighted by Gasteiger charge is -2.33. The Bertz CT molecular complexity index is 1800. The number of amides is 2. The molecule has 0 aliphatic carbocycles. The van der Waals surface area contributed by atoms with Gasteiger partial charge in [-0.15, -0.1) is 0 Å². The second kappa shape index (κ2) is 13.9. The average molecular weight is 601 g/mol. The number of carbonyl (C=O) groups excluding carboxylic acids is 1. The number of hydrogen-bond acceptors (Lipinski definition) is 3. The SMILES string of the molecule is CCC(c1nc2ccccc2c(=O)n1-c1ccc(C)cc1)N(CCc1ccccc1)C(=O)Nc1c(C(C)C)cccc1C(C)C. The summed E-state index contributed by atoms with van der Waals surface area (Å²) in [6, 6.07) is 31.1. The van der Waals surface area contributed by atoms with E-state index in [1.165, 1.54) is 0 Å². The molecule has 0 bridgehead atoms. The van der Waals surface area contributed by atoms with Gasteiger partial charge >= 0.3 is 6.03 Å². The van der Waals surface area contributed by atoms with Crippen molar-refractivity contribution in [3.05, 3.63) is 135 Å². The number of hydrogen-bond donors (Lipinski definition) is 1. The Labute approximate surface area is 266 Å². The van der Waals surface area contributed by atoms with Crippen LogP contribution in [0.4, 0.5) is 10.5 Å². The van der Waals surface area contributed by atoms with Crippen molar-refractivity contribution in [3.63, 3.8) is 0 Å². The Morgan fingerprint density at radius 1 is 0.822 bits per heavy atom. The van der Waals surface area contributed by atoms with Crippen LogP contribution in [-0.4, -0.2) is 27.0 Å². The molecule has 0 aliphatic rings. The van der Waals surface area contributed by atoms with Crippen molar-refractivity contribution in [1.82, 2.24) is 14.5 Å². The van der Waals surface area contributed by atoms with Crippen LogP contribution in [0.15, 0.2) is 102 Å². The fraction of sp³-hybridized carbons (Fsp3) is 0.308. The van der Waals surface area contributed by atoms with Gasteiger partial charge in [-0.25, -0.2) is 9.78 Å². The number of rotatable bonds is 10. The number of anilines is 1. The molecule has 4 aromatic carbocycles. The molecule has 0 fully saturated rings. The van der Waals surface area contributed by atoms with Gasteiger partial charge in [-0.1, -0.05) is 113 Å². The number of para-hydroxylation sites is 2. The summed E-state index contributed by atoms with van der Waals surface area (Å²) < 4.78 is 1.69. The normalized spacial score (nSPS) is 12.1. The molecule has 0 saturated heterocycles. The maximum Gasteiger partial charge on any atom is 0.322 e. The van der Waals surface area contributed by atoms with Crippen molar-refractivity contribution in [2.24, 2.45) is 0 Å². The van der Waals surface area contributed by atoms with Crippen molar-refractivity contribution in [2.75, 3.05) is 11.9 Å². The quantitative estimate of drug-likeness (QED) is 0.174. The highest BCUT2D eigenvalue weighted by atomic mass is 16.2. The Kier molecular flexibility index (Phi) is 9.82. The van der Waals surface area contributed by atoms with Gasteiger partial charge in [0.25, 0.3) is 5.56 Å². The largest absolute Gasteiger partial charge is 0.322 e. The number of nitrogens with zero attached hydrogens (tertiary/aromatic N) is 3. The molecule has 6 nitrogen and oxygen atoms in total. The van der Waals surface area contributed by atoms with Gasteiger partial charge in [0.1, 0.15) is 5.82 Å².